The molecule has 4 aromatic rings. The molecule has 29 heavy (non-hydrogen) atoms. The van der Waals surface area contributed by atoms with E-state index in [9.17, 15) is 4.79 Å². The number of halogens is 1. The van der Waals surface area contributed by atoms with Gasteiger partial charge in [0.2, 0.25) is 5.91 Å². The lowest BCUT2D eigenvalue weighted by Gasteiger charge is -2.00. The van der Waals surface area contributed by atoms with Crippen molar-refractivity contribution >= 4 is 29.2 Å². The number of carbonyl (C=O) groups excluding carboxylic acids is 1. The third-order valence-corrected chi connectivity index (χ3v) is 4.50. The zero-order chi connectivity index (χ0) is 20.2. The van der Waals surface area contributed by atoms with Crippen molar-refractivity contribution < 1.29 is 9.53 Å². The van der Waals surface area contributed by atoms with Crippen molar-refractivity contribution in [3.8, 4) is 17.1 Å². The van der Waals surface area contributed by atoms with Crippen LogP contribution in [0.4, 0.5) is 0 Å². The van der Waals surface area contributed by atoms with Crippen molar-refractivity contribution in [1.29, 1.82) is 0 Å². The molecular formula is C20H17ClN6O2. The summed E-state index contributed by atoms with van der Waals surface area (Å²) in [6.07, 6.45) is 4.87. The van der Waals surface area contributed by atoms with Crippen LogP contribution in [0.3, 0.4) is 0 Å². The van der Waals surface area contributed by atoms with Gasteiger partial charge >= 0.3 is 0 Å². The van der Waals surface area contributed by atoms with Gasteiger partial charge in [-0.2, -0.15) is 5.10 Å². The van der Waals surface area contributed by atoms with Crippen LogP contribution >= 0.6 is 11.6 Å². The minimum absolute atomic E-state index is 0.215. The van der Waals surface area contributed by atoms with Gasteiger partial charge in [-0.25, -0.2) is 9.97 Å². The number of pyridine rings is 1. The first-order valence-electron chi connectivity index (χ1n) is 8.78. The van der Waals surface area contributed by atoms with E-state index in [1.54, 1.807) is 13.2 Å². The molecule has 0 aliphatic heterocycles. The fourth-order valence-electron chi connectivity index (χ4n) is 2.76. The van der Waals surface area contributed by atoms with Crippen LogP contribution < -0.4 is 10.1 Å². The maximum Gasteiger partial charge on any atom is 0.244 e. The molecule has 1 amide bonds. The number of rotatable bonds is 6. The van der Waals surface area contributed by atoms with Gasteiger partial charge < -0.3 is 10.1 Å². The Kier molecular flexibility index (Phi) is 5.26. The average molecular weight is 409 g/mol. The number of methoxy groups -OCH3 is 1. The lowest BCUT2D eigenvalue weighted by molar-refractivity contribution is -0.116. The molecule has 0 aliphatic carbocycles. The number of H-pyrrole nitrogens is 1. The highest BCUT2D eigenvalue weighted by molar-refractivity contribution is 6.31. The number of nitrogens with zero attached hydrogens (tertiary/aromatic N) is 4. The SMILES string of the molecule is COc1ccc(-c2n[nH]c(CNC(=O)/C=C/c3c(Cl)nc4ccccn34)n2)cc1. The Morgan fingerprint density at radius 3 is 2.86 bits per heavy atom. The van der Waals surface area contributed by atoms with E-state index in [0.29, 0.717) is 28.1 Å². The van der Waals surface area contributed by atoms with Crippen LogP contribution in [-0.4, -0.2) is 37.6 Å². The van der Waals surface area contributed by atoms with Crippen molar-refractivity contribution in [1.82, 2.24) is 29.9 Å². The highest BCUT2D eigenvalue weighted by Crippen LogP contribution is 2.20. The molecule has 4 rings (SSSR count). The quantitative estimate of drug-likeness (QED) is 0.478. The second-order valence-corrected chi connectivity index (χ2v) is 6.46. The maximum atomic E-state index is 12.2. The number of carbonyl (C=O) groups is 1. The van der Waals surface area contributed by atoms with E-state index in [0.717, 1.165) is 11.3 Å². The van der Waals surface area contributed by atoms with Gasteiger partial charge in [0.15, 0.2) is 11.0 Å². The van der Waals surface area contributed by atoms with E-state index in [-0.39, 0.29) is 12.5 Å². The summed E-state index contributed by atoms with van der Waals surface area (Å²) in [5.74, 6) is 1.57. The van der Waals surface area contributed by atoms with E-state index in [1.807, 2.05) is 53.1 Å². The number of amides is 1. The van der Waals surface area contributed by atoms with Crippen molar-refractivity contribution in [3.63, 3.8) is 0 Å². The summed E-state index contributed by atoms with van der Waals surface area (Å²) in [4.78, 5) is 20.8. The molecule has 0 atom stereocenters. The predicted octanol–water partition coefficient (Wildman–Crippen LogP) is 3.11. The number of ether oxygens (including phenoxy) is 1. The third-order valence-electron chi connectivity index (χ3n) is 4.22. The molecule has 0 radical (unpaired) electrons. The van der Waals surface area contributed by atoms with E-state index in [2.05, 4.69) is 25.5 Å². The monoisotopic (exact) mass is 408 g/mol. The van der Waals surface area contributed by atoms with Gasteiger partial charge in [-0.15, -0.1) is 0 Å². The second-order valence-electron chi connectivity index (χ2n) is 6.10. The van der Waals surface area contributed by atoms with Gasteiger partial charge in [0, 0.05) is 17.8 Å². The minimum Gasteiger partial charge on any atom is -0.497 e. The summed E-state index contributed by atoms with van der Waals surface area (Å²) in [5, 5.41) is 10.1. The summed E-state index contributed by atoms with van der Waals surface area (Å²) < 4.78 is 6.95. The molecule has 0 spiro atoms. The van der Waals surface area contributed by atoms with Crippen molar-refractivity contribution in [2.45, 2.75) is 6.54 Å². The summed E-state index contributed by atoms with van der Waals surface area (Å²) in [6, 6.07) is 13.0. The first-order valence-corrected chi connectivity index (χ1v) is 9.16. The number of imidazole rings is 1. The van der Waals surface area contributed by atoms with Gasteiger partial charge in [0.25, 0.3) is 0 Å². The summed E-state index contributed by atoms with van der Waals surface area (Å²) >= 11 is 6.16. The van der Waals surface area contributed by atoms with Crippen LogP contribution in [0.1, 0.15) is 11.5 Å². The smallest absolute Gasteiger partial charge is 0.244 e. The molecule has 8 nitrogen and oxygen atoms in total. The topological polar surface area (TPSA) is 97.2 Å². The Morgan fingerprint density at radius 2 is 2.07 bits per heavy atom. The van der Waals surface area contributed by atoms with Crippen LogP contribution in [0, 0.1) is 0 Å². The van der Waals surface area contributed by atoms with Crippen molar-refractivity contribution in [2.75, 3.05) is 7.11 Å². The summed E-state index contributed by atoms with van der Waals surface area (Å²) in [5.41, 5.74) is 2.20. The molecule has 2 N–H and O–H groups in total. The molecule has 0 fully saturated rings. The molecular weight excluding hydrogens is 392 g/mol. The molecule has 0 unspecified atom stereocenters. The Morgan fingerprint density at radius 1 is 1.24 bits per heavy atom. The van der Waals surface area contributed by atoms with Crippen LogP contribution in [0.25, 0.3) is 23.1 Å². The second kappa shape index (κ2) is 8.15. The zero-order valence-electron chi connectivity index (χ0n) is 15.5. The standard InChI is InChI=1S/C20H17ClN6O2/c1-29-14-7-5-13(6-8-14)20-23-16(25-26-20)12-22-18(28)10-9-15-19(21)24-17-4-2-3-11-27(15)17/h2-11H,12H2,1H3,(H,22,28)(H,23,25,26)/b10-9+. The summed E-state index contributed by atoms with van der Waals surface area (Å²) in [7, 11) is 1.61. The van der Waals surface area contributed by atoms with Crippen LogP contribution in [-0.2, 0) is 11.3 Å². The maximum absolute atomic E-state index is 12.2. The van der Waals surface area contributed by atoms with E-state index >= 15 is 0 Å². The number of fused-ring (bicyclic) bond motifs is 1. The first kappa shape index (κ1) is 18.7. The lowest BCUT2D eigenvalue weighted by Crippen LogP contribution is -2.21. The van der Waals surface area contributed by atoms with Crippen LogP contribution in [0.5, 0.6) is 5.75 Å². The number of benzene rings is 1. The predicted molar refractivity (Wildman–Crippen MR) is 109 cm³/mol. The number of nitrogens with one attached hydrogen (secondary N) is 2. The minimum atomic E-state index is -0.283. The molecule has 1 aromatic carbocycles. The molecule has 0 aliphatic rings. The van der Waals surface area contributed by atoms with Crippen LogP contribution in [0.2, 0.25) is 5.15 Å². The Hall–Kier alpha value is -3.65. The average Bonchev–Trinajstić information content (AvgIpc) is 3.34. The molecule has 0 saturated carbocycles. The number of hydrogen-bond acceptors (Lipinski definition) is 5. The van der Waals surface area contributed by atoms with Gasteiger partial charge in [-0.05, 0) is 42.5 Å². The normalized spacial score (nSPS) is 11.2. The Balaban J connectivity index is 1.39. The first-order chi connectivity index (χ1) is 14.1. The van der Waals surface area contributed by atoms with E-state index in [1.165, 1.54) is 6.08 Å². The third kappa shape index (κ3) is 4.12. The van der Waals surface area contributed by atoms with E-state index in [4.69, 9.17) is 16.3 Å². The number of aromatic amines is 1. The van der Waals surface area contributed by atoms with Gasteiger partial charge in [0.05, 0.1) is 19.3 Å². The zero-order valence-corrected chi connectivity index (χ0v) is 16.2. The number of hydrogen-bond donors (Lipinski definition) is 2. The largest absolute Gasteiger partial charge is 0.497 e. The Labute approximate surface area is 171 Å². The van der Waals surface area contributed by atoms with Crippen molar-refractivity contribution in [3.05, 3.63) is 71.4 Å². The number of aromatic nitrogens is 5. The lowest BCUT2D eigenvalue weighted by atomic mass is 10.2. The fourth-order valence-corrected chi connectivity index (χ4v) is 3.00. The van der Waals surface area contributed by atoms with Crippen LogP contribution in [0.15, 0.2) is 54.7 Å². The highest BCUT2D eigenvalue weighted by Gasteiger charge is 2.09. The van der Waals surface area contributed by atoms with Gasteiger partial charge in [-0.1, -0.05) is 17.7 Å². The fraction of sp³-hybridized carbons (Fsp3) is 0.100. The highest BCUT2D eigenvalue weighted by atomic mass is 35.5. The van der Waals surface area contributed by atoms with E-state index < -0.39 is 0 Å². The molecule has 146 valence electrons. The molecule has 9 heteroatoms. The van der Waals surface area contributed by atoms with Crippen molar-refractivity contribution in [2.24, 2.45) is 0 Å². The molecule has 0 bridgehead atoms. The summed E-state index contributed by atoms with van der Waals surface area (Å²) in [6.45, 7) is 0.215. The van der Waals surface area contributed by atoms with Gasteiger partial charge in [-0.3, -0.25) is 14.3 Å². The Bertz CT molecular complexity index is 1180. The molecule has 0 saturated heterocycles. The molecule has 3 heterocycles. The molecule has 3 aromatic heterocycles. The van der Waals surface area contributed by atoms with Gasteiger partial charge in [0.1, 0.15) is 17.2 Å².